The molecule has 0 spiro atoms. The van der Waals surface area contributed by atoms with Crippen LogP contribution in [-0.2, 0) is 16.6 Å². The van der Waals surface area contributed by atoms with Crippen molar-refractivity contribution in [2.75, 3.05) is 13.6 Å². The molecule has 6 heteroatoms. The Balaban J connectivity index is 1.76. The van der Waals surface area contributed by atoms with Gasteiger partial charge in [0.15, 0.2) is 0 Å². The van der Waals surface area contributed by atoms with Crippen molar-refractivity contribution in [3.63, 3.8) is 0 Å². The fourth-order valence-electron chi connectivity index (χ4n) is 2.29. The fraction of sp³-hybridized carbons (Fsp3) is 0.571. The molecule has 2 N–H and O–H groups in total. The molecule has 0 aliphatic heterocycles. The second-order valence-electron chi connectivity index (χ2n) is 4.96. The number of rotatable bonds is 7. The first-order valence-corrected chi connectivity index (χ1v) is 8.51. The van der Waals surface area contributed by atoms with E-state index in [0.29, 0.717) is 12.3 Å². The minimum absolute atomic E-state index is 0.0354. The molecule has 0 fully saturated rings. The van der Waals surface area contributed by atoms with Crippen LogP contribution in [0.5, 0.6) is 0 Å². The lowest BCUT2D eigenvalue weighted by Crippen LogP contribution is -2.18. The van der Waals surface area contributed by atoms with Gasteiger partial charge in [-0.2, -0.15) is 0 Å². The van der Waals surface area contributed by atoms with Gasteiger partial charge in [0.2, 0.25) is 5.09 Å². The van der Waals surface area contributed by atoms with Crippen molar-refractivity contribution >= 4 is 10.0 Å². The molecular weight excluding hydrogens is 276 g/mol. The maximum Gasteiger partial charge on any atom is 0.273 e. The first-order chi connectivity index (χ1) is 9.62. The topological polar surface area (TPSA) is 71.3 Å². The summed E-state index contributed by atoms with van der Waals surface area (Å²) in [7, 11) is -2.11. The van der Waals surface area contributed by atoms with Crippen molar-refractivity contribution in [2.45, 2.75) is 43.7 Å². The molecule has 2 rings (SSSR count). The van der Waals surface area contributed by atoms with E-state index in [9.17, 15) is 8.42 Å². The number of hydrogen-bond donors (Lipinski definition) is 2. The lowest BCUT2D eigenvalue weighted by Gasteiger charge is -2.12. The Morgan fingerprint density at radius 3 is 2.85 bits per heavy atom. The fourth-order valence-corrected chi connectivity index (χ4v) is 2.96. The van der Waals surface area contributed by atoms with E-state index in [2.05, 4.69) is 16.1 Å². The van der Waals surface area contributed by atoms with Crippen molar-refractivity contribution < 1.29 is 12.8 Å². The Bertz CT molecular complexity index is 561. The van der Waals surface area contributed by atoms with Crippen LogP contribution in [0.25, 0.3) is 0 Å². The molecule has 1 heterocycles. The minimum Gasteiger partial charge on any atom is -0.447 e. The second-order valence-corrected chi connectivity index (χ2v) is 6.78. The van der Waals surface area contributed by atoms with Gasteiger partial charge in [-0.3, -0.25) is 0 Å². The van der Waals surface area contributed by atoms with Crippen molar-refractivity contribution in [1.82, 2.24) is 10.0 Å². The highest BCUT2D eigenvalue weighted by atomic mass is 32.2. The molecule has 5 nitrogen and oxygen atoms in total. The third-order valence-corrected chi connectivity index (χ3v) is 4.76. The highest BCUT2D eigenvalue weighted by molar-refractivity contribution is 7.89. The SMILES string of the molecule is CNS(=O)(=O)c1ccc(CNCCC2=CCCCC2)o1. The van der Waals surface area contributed by atoms with E-state index in [1.165, 1.54) is 44.4 Å². The van der Waals surface area contributed by atoms with Gasteiger partial charge in [-0.05, 0) is 57.8 Å². The first-order valence-electron chi connectivity index (χ1n) is 7.03. The average molecular weight is 298 g/mol. The summed E-state index contributed by atoms with van der Waals surface area (Å²) < 4.78 is 30.6. The monoisotopic (exact) mass is 298 g/mol. The van der Waals surface area contributed by atoms with Gasteiger partial charge in [-0.1, -0.05) is 11.6 Å². The molecule has 0 radical (unpaired) electrons. The summed E-state index contributed by atoms with van der Waals surface area (Å²) >= 11 is 0. The highest BCUT2D eigenvalue weighted by Gasteiger charge is 2.15. The quantitative estimate of drug-likeness (QED) is 0.598. The number of allylic oxidation sites excluding steroid dienone is 1. The van der Waals surface area contributed by atoms with E-state index < -0.39 is 10.0 Å². The van der Waals surface area contributed by atoms with Crippen molar-refractivity contribution in [3.05, 3.63) is 29.5 Å². The number of nitrogens with one attached hydrogen (secondary N) is 2. The summed E-state index contributed by atoms with van der Waals surface area (Å²) in [5.41, 5.74) is 1.53. The summed E-state index contributed by atoms with van der Waals surface area (Å²) in [4.78, 5) is 0. The molecule has 1 aromatic rings. The standard InChI is InChI=1S/C14H22N2O3S/c1-15-20(17,18)14-8-7-13(19-14)11-16-10-9-12-5-3-2-4-6-12/h5,7-8,15-16H,2-4,6,9-11H2,1H3. The predicted octanol–water partition coefficient (Wildman–Crippen LogP) is 2.17. The van der Waals surface area contributed by atoms with Crippen LogP contribution in [0, 0.1) is 0 Å². The molecule has 0 saturated carbocycles. The van der Waals surface area contributed by atoms with Gasteiger partial charge < -0.3 is 9.73 Å². The van der Waals surface area contributed by atoms with Crippen molar-refractivity contribution in [1.29, 1.82) is 0 Å². The highest BCUT2D eigenvalue weighted by Crippen LogP contribution is 2.19. The van der Waals surface area contributed by atoms with Gasteiger partial charge in [0.05, 0.1) is 6.54 Å². The van der Waals surface area contributed by atoms with E-state index in [4.69, 9.17) is 4.42 Å². The van der Waals surface area contributed by atoms with Gasteiger partial charge in [0.25, 0.3) is 10.0 Å². The van der Waals surface area contributed by atoms with Crippen LogP contribution in [0.4, 0.5) is 0 Å². The second kappa shape index (κ2) is 7.06. The normalized spacial score (nSPS) is 16.1. The maximum absolute atomic E-state index is 11.5. The van der Waals surface area contributed by atoms with Gasteiger partial charge in [-0.15, -0.1) is 0 Å². The zero-order chi connectivity index (χ0) is 14.4. The minimum atomic E-state index is -3.48. The average Bonchev–Trinajstić information content (AvgIpc) is 2.94. The van der Waals surface area contributed by atoms with Crippen LogP contribution in [0.1, 0.15) is 37.9 Å². The predicted molar refractivity (Wildman–Crippen MR) is 77.8 cm³/mol. The van der Waals surface area contributed by atoms with Crippen molar-refractivity contribution in [3.8, 4) is 0 Å². The zero-order valence-electron chi connectivity index (χ0n) is 11.8. The molecule has 1 aliphatic rings. The summed E-state index contributed by atoms with van der Waals surface area (Å²) in [6, 6.07) is 3.17. The molecule has 0 bridgehead atoms. The van der Waals surface area contributed by atoms with Crippen LogP contribution in [0.2, 0.25) is 0 Å². The molecule has 0 atom stereocenters. The van der Waals surface area contributed by atoms with E-state index in [-0.39, 0.29) is 5.09 Å². The molecule has 0 amide bonds. The van der Waals surface area contributed by atoms with Crippen LogP contribution in [-0.4, -0.2) is 22.0 Å². The maximum atomic E-state index is 11.5. The van der Waals surface area contributed by atoms with Gasteiger partial charge >= 0.3 is 0 Å². The van der Waals surface area contributed by atoms with Crippen LogP contribution < -0.4 is 10.0 Å². The molecule has 0 aromatic carbocycles. The lowest BCUT2D eigenvalue weighted by atomic mass is 9.97. The number of furan rings is 1. The van der Waals surface area contributed by atoms with Crippen molar-refractivity contribution in [2.24, 2.45) is 0 Å². The number of sulfonamides is 1. The lowest BCUT2D eigenvalue weighted by molar-refractivity contribution is 0.401. The summed E-state index contributed by atoms with van der Waals surface area (Å²) in [6.07, 6.45) is 8.44. The van der Waals surface area contributed by atoms with Crippen LogP contribution in [0.15, 0.2) is 33.3 Å². The molecule has 20 heavy (non-hydrogen) atoms. The zero-order valence-corrected chi connectivity index (χ0v) is 12.6. The first kappa shape index (κ1) is 15.3. The van der Waals surface area contributed by atoms with E-state index in [0.717, 1.165) is 13.0 Å². The molecule has 112 valence electrons. The largest absolute Gasteiger partial charge is 0.447 e. The third-order valence-electron chi connectivity index (χ3n) is 3.48. The Labute approximate surface area is 120 Å². The molecular formula is C14H22N2O3S. The molecule has 0 unspecified atom stereocenters. The van der Waals surface area contributed by atoms with E-state index >= 15 is 0 Å². The van der Waals surface area contributed by atoms with Gasteiger partial charge in [-0.25, -0.2) is 13.1 Å². The molecule has 1 aliphatic carbocycles. The summed E-state index contributed by atoms with van der Waals surface area (Å²) in [5, 5.41) is 3.25. The summed E-state index contributed by atoms with van der Waals surface area (Å²) in [6.45, 7) is 1.44. The summed E-state index contributed by atoms with van der Waals surface area (Å²) in [5.74, 6) is 0.636. The Morgan fingerprint density at radius 1 is 1.30 bits per heavy atom. The van der Waals surface area contributed by atoms with Gasteiger partial charge in [0, 0.05) is 0 Å². The van der Waals surface area contributed by atoms with Gasteiger partial charge in [0.1, 0.15) is 5.76 Å². The third kappa shape index (κ3) is 4.19. The number of hydrogen-bond acceptors (Lipinski definition) is 4. The van der Waals surface area contributed by atoms with E-state index in [1.807, 2.05) is 0 Å². The van der Waals surface area contributed by atoms with Crippen LogP contribution >= 0.6 is 0 Å². The Hall–Kier alpha value is -1.11. The smallest absolute Gasteiger partial charge is 0.273 e. The molecule has 1 aromatic heterocycles. The van der Waals surface area contributed by atoms with E-state index in [1.54, 1.807) is 6.07 Å². The van der Waals surface area contributed by atoms with Crippen LogP contribution in [0.3, 0.4) is 0 Å². The Morgan fingerprint density at radius 2 is 2.15 bits per heavy atom. The Kier molecular flexibility index (Phi) is 5.39. The molecule has 0 saturated heterocycles.